The minimum absolute atomic E-state index is 0.0440. The topological polar surface area (TPSA) is 90.4 Å². The Morgan fingerprint density at radius 1 is 1.23 bits per heavy atom. The number of H-pyrrole nitrogens is 1. The first-order chi connectivity index (χ1) is 12.6. The summed E-state index contributed by atoms with van der Waals surface area (Å²) in [5.74, 6) is -1.04. The predicted octanol–water partition coefficient (Wildman–Crippen LogP) is 1.21. The highest BCUT2D eigenvalue weighted by Crippen LogP contribution is 2.20. The standard InChI is InChI=1S/C18H23N3O4S/c22-16(23)4-2-1-3-7-21-17(24)14-12-13(20-8-10-25-11-9-20)5-6-15(14)19-18(21)26/h5-6,12H,1-4,7-11H2,(H,19,26)(H,22,23)/p-1. The fourth-order valence-electron chi connectivity index (χ4n) is 3.18. The normalized spacial score (nSPS) is 14.7. The number of unbranched alkanes of at least 4 members (excludes halogenated alkanes) is 2. The third-order valence-electron chi connectivity index (χ3n) is 4.60. The van der Waals surface area contributed by atoms with E-state index in [2.05, 4.69) is 9.88 Å². The molecule has 140 valence electrons. The number of ether oxygens (including phenoxy) is 1. The summed E-state index contributed by atoms with van der Waals surface area (Å²) >= 11 is 5.32. The summed E-state index contributed by atoms with van der Waals surface area (Å²) in [5.41, 5.74) is 1.62. The molecule has 0 saturated carbocycles. The van der Waals surface area contributed by atoms with Crippen LogP contribution in [0.2, 0.25) is 0 Å². The average Bonchev–Trinajstić information content (AvgIpc) is 2.64. The van der Waals surface area contributed by atoms with E-state index in [-0.39, 0.29) is 12.0 Å². The number of morpholine rings is 1. The Balaban J connectivity index is 1.81. The first-order valence-electron chi connectivity index (χ1n) is 8.85. The predicted molar refractivity (Wildman–Crippen MR) is 99.9 cm³/mol. The van der Waals surface area contributed by atoms with E-state index in [1.54, 1.807) is 4.57 Å². The smallest absolute Gasteiger partial charge is 0.262 e. The number of hydrogen-bond donors (Lipinski definition) is 1. The minimum atomic E-state index is -1.04. The number of aromatic amines is 1. The third-order valence-corrected chi connectivity index (χ3v) is 4.93. The van der Waals surface area contributed by atoms with Crippen LogP contribution < -0.4 is 15.6 Å². The number of benzene rings is 1. The van der Waals surface area contributed by atoms with Gasteiger partial charge in [-0.05, 0) is 49.7 Å². The van der Waals surface area contributed by atoms with Gasteiger partial charge in [-0.3, -0.25) is 9.36 Å². The molecule has 1 aliphatic rings. The molecular formula is C18H22N3O4S-. The molecule has 0 bridgehead atoms. The number of aromatic nitrogens is 2. The molecule has 0 atom stereocenters. The maximum atomic E-state index is 12.9. The molecule has 0 amide bonds. The Kier molecular flexibility index (Phi) is 6.05. The number of carboxylic acid groups (broad SMARTS) is 1. The Bertz CT molecular complexity index is 899. The van der Waals surface area contributed by atoms with Crippen molar-refractivity contribution in [2.24, 2.45) is 0 Å². The molecule has 0 spiro atoms. The molecule has 2 aromatic rings. The van der Waals surface area contributed by atoms with Crippen LogP contribution >= 0.6 is 12.2 Å². The van der Waals surface area contributed by atoms with E-state index >= 15 is 0 Å². The van der Waals surface area contributed by atoms with Crippen molar-refractivity contribution in [3.05, 3.63) is 33.3 Å². The van der Waals surface area contributed by atoms with Gasteiger partial charge in [0, 0.05) is 31.3 Å². The molecule has 0 aliphatic carbocycles. The molecule has 1 aromatic carbocycles. The van der Waals surface area contributed by atoms with Crippen LogP contribution in [0.15, 0.2) is 23.0 Å². The Morgan fingerprint density at radius 2 is 2.00 bits per heavy atom. The van der Waals surface area contributed by atoms with Crippen LogP contribution in [0.4, 0.5) is 5.69 Å². The monoisotopic (exact) mass is 376 g/mol. The molecule has 26 heavy (non-hydrogen) atoms. The fraction of sp³-hybridized carbons (Fsp3) is 0.500. The van der Waals surface area contributed by atoms with Gasteiger partial charge in [-0.15, -0.1) is 0 Å². The van der Waals surface area contributed by atoms with Gasteiger partial charge in [0.05, 0.1) is 24.1 Å². The molecule has 7 nitrogen and oxygen atoms in total. The van der Waals surface area contributed by atoms with E-state index in [1.807, 2.05) is 18.2 Å². The Labute approximate surface area is 156 Å². The van der Waals surface area contributed by atoms with E-state index in [9.17, 15) is 14.7 Å². The molecule has 1 saturated heterocycles. The fourth-order valence-corrected chi connectivity index (χ4v) is 3.46. The third kappa shape index (κ3) is 4.31. The number of rotatable bonds is 7. The lowest BCUT2D eigenvalue weighted by molar-refractivity contribution is -0.305. The summed E-state index contributed by atoms with van der Waals surface area (Å²) in [7, 11) is 0. The second-order valence-electron chi connectivity index (χ2n) is 6.40. The molecule has 1 N–H and O–H groups in total. The molecule has 1 fully saturated rings. The number of anilines is 1. The lowest BCUT2D eigenvalue weighted by Crippen LogP contribution is -2.36. The maximum absolute atomic E-state index is 12.9. The summed E-state index contributed by atoms with van der Waals surface area (Å²) in [6.45, 7) is 3.46. The average molecular weight is 376 g/mol. The number of carbonyl (C=O) groups excluding carboxylic acids is 1. The van der Waals surface area contributed by atoms with Crippen LogP contribution in [0.5, 0.6) is 0 Å². The van der Waals surface area contributed by atoms with Crippen molar-refractivity contribution in [1.82, 2.24) is 9.55 Å². The summed E-state index contributed by atoms with van der Waals surface area (Å²) in [6.07, 6.45) is 1.99. The molecule has 1 aliphatic heterocycles. The van der Waals surface area contributed by atoms with Gasteiger partial charge in [-0.1, -0.05) is 6.42 Å². The van der Waals surface area contributed by atoms with E-state index in [0.29, 0.717) is 49.2 Å². The van der Waals surface area contributed by atoms with Crippen LogP contribution in [0.3, 0.4) is 0 Å². The number of nitrogens with one attached hydrogen (secondary N) is 1. The summed E-state index contributed by atoms with van der Waals surface area (Å²) in [5, 5.41) is 11.1. The van der Waals surface area contributed by atoms with Crippen molar-refractivity contribution in [2.75, 3.05) is 31.2 Å². The molecule has 2 heterocycles. The first-order valence-corrected chi connectivity index (χ1v) is 9.26. The zero-order valence-corrected chi connectivity index (χ0v) is 15.3. The van der Waals surface area contributed by atoms with Gasteiger partial charge in [-0.25, -0.2) is 0 Å². The van der Waals surface area contributed by atoms with E-state index in [1.165, 1.54) is 0 Å². The number of carboxylic acids is 1. The van der Waals surface area contributed by atoms with Crippen molar-refractivity contribution in [1.29, 1.82) is 0 Å². The van der Waals surface area contributed by atoms with Crippen molar-refractivity contribution in [3.63, 3.8) is 0 Å². The molecule has 0 unspecified atom stereocenters. The highest BCUT2D eigenvalue weighted by Gasteiger charge is 2.13. The van der Waals surface area contributed by atoms with Gasteiger partial charge in [0.25, 0.3) is 5.56 Å². The van der Waals surface area contributed by atoms with Gasteiger partial charge in [0.15, 0.2) is 4.77 Å². The van der Waals surface area contributed by atoms with Gasteiger partial charge < -0.3 is 24.5 Å². The maximum Gasteiger partial charge on any atom is 0.262 e. The van der Waals surface area contributed by atoms with Crippen molar-refractivity contribution in [3.8, 4) is 0 Å². The number of aliphatic carboxylic acids is 1. The first kappa shape index (κ1) is 18.6. The number of carbonyl (C=O) groups is 1. The SMILES string of the molecule is O=C([O-])CCCCCn1c(=S)[nH]c2ccc(N3CCOCC3)cc2c1=O. The van der Waals surface area contributed by atoms with Gasteiger partial charge >= 0.3 is 0 Å². The van der Waals surface area contributed by atoms with Crippen molar-refractivity contribution in [2.45, 2.75) is 32.2 Å². The number of nitrogens with zero attached hydrogens (tertiary/aromatic N) is 2. The molecule has 0 radical (unpaired) electrons. The van der Waals surface area contributed by atoms with Gasteiger partial charge in [0.1, 0.15) is 0 Å². The van der Waals surface area contributed by atoms with Crippen LogP contribution in [-0.2, 0) is 16.1 Å². The van der Waals surface area contributed by atoms with Crippen molar-refractivity contribution < 1.29 is 14.6 Å². The minimum Gasteiger partial charge on any atom is -0.550 e. The summed E-state index contributed by atoms with van der Waals surface area (Å²) in [6, 6.07) is 5.78. The van der Waals surface area contributed by atoms with Gasteiger partial charge in [0.2, 0.25) is 0 Å². The number of hydrogen-bond acceptors (Lipinski definition) is 6. The zero-order chi connectivity index (χ0) is 18.5. The zero-order valence-electron chi connectivity index (χ0n) is 14.5. The molecule has 1 aromatic heterocycles. The quantitative estimate of drug-likeness (QED) is 0.577. The lowest BCUT2D eigenvalue weighted by Gasteiger charge is -2.29. The second kappa shape index (κ2) is 8.46. The van der Waals surface area contributed by atoms with E-state index in [4.69, 9.17) is 17.0 Å². The van der Waals surface area contributed by atoms with E-state index in [0.717, 1.165) is 24.3 Å². The Morgan fingerprint density at radius 3 is 2.73 bits per heavy atom. The van der Waals surface area contributed by atoms with Crippen LogP contribution in [0, 0.1) is 4.77 Å². The highest BCUT2D eigenvalue weighted by atomic mass is 32.1. The highest BCUT2D eigenvalue weighted by molar-refractivity contribution is 7.71. The van der Waals surface area contributed by atoms with Crippen LogP contribution in [-0.4, -0.2) is 41.8 Å². The van der Waals surface area contributed by atoms with Crippen molar-refractivity contribution >= 4 is 34.8 Å². The second-order valence-corrected chi connectivity index (χ2v) is 6.79. The molecular weight excluding hydrogens is 354 g/mol. The summed E-state index contributed by atoms with van der Waals surface area (Å²) < 4.78 is 7.32. The summed E-state index contributed by atoms with van der Waals surface area (Å²) in [4.78, 5) is 28.7. The lowest BCUT2D eigenvalue weighted by atomic mass is 10.2. The molecule has 8 heteroatoms. The Hall–Kier alpha value is -2.19. The molecule has 3 rings (SSSR count). The van der Waals surface area contributed by atoms with Gasteiger partial charge in [-0.2, -0.15) is 0 Å². The van der Waals surface area contributed by atoms with Crippen LogP contribution in [0.1, 0.15) is 25.7 Å². The van der Waals surface area contributed by atoms with Crippen LogP contribution in [0.25, 0.3) is 10.9 Å². The van der Waals surface area contributed by atoms with E-state index < -0.39 is 5.97 Å². The largest absolute Gasteiger partial charge is 0.550 e. The number of fused-ring (bicyclic) bond motifs is 1.